The van der Waals surface area contributed by atoms with Crippen molar-refractivity contribution in [3.63, 3.8) is 0 Å². The van der Waals surface area contributed by atoms with Crippen LogP contribution in [0.3, 0.4) is 0 Å². The Morgan fingerprint density at radius 2 is 1.95 bits per heavy atom. The minimum atomic E-state index is -0.424. The maximum Gasteiger partial charge on any atom is 0.294 e. The molecule has 0 aliphatic carbocycles. The average molecular weight is 295 g/mol. The van der Waals surface area contributed by atoms with Gasteiger partial charge in [-0.05, 0) is 25.2 Å². The van der Waals surface area contributed by atoms with Gasteiger partial charge in [0.2, 0.25) is 0 Å². The van der Waals surface area contributed by atoms with Crippen LogP contribution >= 0.6 is 0 Å². The number of nitrogens with two attached hydrogens (primary N) is 1. The summed E-state index contributed by atoms with van der Waals surface area (Å²) in [7, 11) is 0. The van der Waals surface area contributed by atoms with E-state index in [0.29, 0.717) is 17.9 Å². The van der Waals surface area contributed by atoms with Gasteiger partial charge in [-0.1, -0.05) is 13.8 Å². The van der Waals surface area contributed by atoms with Crippen LogP contribution in [0.5, 0.6) is 0 Å². The number of nitrogen functional groups attached to an aromatic ring is 1. The summed E-state index contributed by atoms with van der Waals surface area (Å²) in [6.07, 6.45) is 0. The number of nitrogens with one attached hydrogen (secondary N) is 2. The molecule has 118 valence electrons. The SMILES string of the molecule is CCN(CC)CCNCCNc1ccc(N)cc1[N+](=O)[O-]. The summed E-state index contributed by atoms with van der Waals surface area (Å²) in [6, 6.07) is 4.67. The van der Waals surface area contributed by atoms with Crippen molar-refractivity contribution in [3.8, 4) is 0 Å². The molecule has 0 aliphatic rings. The van der Waals surface area contributed by atoms with E-state index in [-0.39, 0.29) is 5.69 Å². The van der Waals surface area contributed by atoms with Gasteiger partial charge in [0, 0.05) is 37.9 Å². The van der Waals surface area contributed by atoms with Crippen molar-refractivity contribution in [2.45, 2.75) is 13.8 Å². The monoisotopic (exact) mass is 295 g/mol. The van der Waals surface area contributed by atoms with Crippen LogP contribution in [0.4, 0.5) is 17.1 Å². The van der Waals surface area contributed by atoms with Crippen molar-refractivity contribution in [2.24, 2.45) is 0 Å². The van der Waals surface area contributed by atoms with Gasteiger partial charge in [0.15, 0.2) is 0 Å². The first kappa shape index (κ1) is 17.2. The summed E-state index contributed by atoms with van der Waals surface area (Å²) in [6.45, 7) is 9.69. The van der Waals surface area contributed by atoms with Crippen LogP contribution in [0.25, 0.3) is 0 Å². The van der Waals surface area contributed by atoms with E-state index >= 15 is 0 Å². The number of nitro benzene ring substituents is 1. The second kappa shape index (κ2) is 9.15. The van der Waals surface area contributed by atoms with Gasteiger partial charge in [-0.3, -0.25) is 10.1 Å². The Kier molecular flexibility index (Phi) is 7.49. The zero-order chi connectivity index (χ0) is 15.7. The van der Waals surface area contributed by atoms with E-state index in [9.17, 15) is 10.1 Å². The third-order valence-corrected chi connectivity index (χ3v) is 3.33. The van der Waals surface area contributed by atoms with Gasteiger partial charge >= 0.3 is 0 Å². The lowest BCUT2D eigenvalue weighted by Gasteiger charge is -2.18. The quantitative estimate of drug-likeness (QED) is 0.262. The minimum Gasteiger partial charge on any atom is -0.399 e. The van der Waals surface area contributed by atoms with Crippen molar-refractivity contribution < 1.29 is 4.92 Å². The molecule has 21 heavy (non-hydrogen) atoms. The van der Waals surface area contributed by atoms with E-state index in [1.807, 2.05) is 0 Å². The van der Waals surface area contributed by atoms with E-state index in [0.717, 1.165) is 32.7 Å². The second-order valence-electron chi connectivity index (χ2n) is 4.74. The van der Waals surface area contributed by atoms with Crippen LogP contribution in [-0.4, -0.2) is 49.1 Å². The fourth-order valence-corrected chi connectivity index (χ4v) is 2.04. The largest absolute Gasteiger partial charge is 0.399 e. The number of rotatable bonds is 10. The lowest BCUT2D eigenvalue weighted by molar-refractivity contribution is -0.383. The molecule has 0 aliphatic heterocycles. The zero-order valence-corrected chi connectivity index (χ0v) is 12.8. The van der Waals surface area contributed by atoms with Crippen LogP contribution in [0.15, 0.2) is 18.2 Å². The smallest absolute Gasteiger partial charge is 0.294 e. The van der Waals surface area contributed by atoms with Crippen LogP contribution in [0, 0.1) is 10.1 Å². The van der Waals surface area contributed by atoms with Gasteiger partial charge in [0.05, 0.1) is 4.92 Å². The van der Waals surface area contributed by atoms with Crippen molar-refractivity contribution in [1.29, 1.82) is 0 Å². The van der Waals surface area contributed by atoms with Crippen molar-refractivity contribution in [1.82, 2.24) is 10.2 Å². The molecule has 0 aromatic heterocycles. The van der Waals surface area contributed by atoms with Crippen LogP contribution in [-0.2, 0) is 0 Å². The summed E-state index contributed by atoms with van der Waals surface area (Å²) in [5.74, 6) is 0. The Hall–Kier alpha value is -1.86. The normalized spacial score (nSPS) is 10.8. The molecule has 7 nitrogen and oxygen atoms in total. The average Bonchev–Trinajstić information content (AvgIpc) is 2.47. The standard InChI is InChI=1S/C14H25N5O2/c1-3-18(4-2)10-9-16-7-8-17-13-6-5-12(15)11-14(13)19(20)21/h5-6,11,16-17H,3-4,7-10,15H2,1-2H3. The Morgan fingerprint density at radius 1 is 1.24 bits per heavy atom. The maximum absolute atomic E-state index is 10.9. The number of likely N-dealkylation sites (N-methyl/N-ethyl adjacent to an activating group) is 1. The van der Waals surface area contributed by atoms with E-state index in [4.69, 9.17) is 5.73 Å². The highest BCUT2D eigenvalue weighted by Crippen LogP contribution is 2.26. The molecule has 0 bridgehead atoms. The van der Waals surface area contributed by atoms with Gasteiger partial charge < -0.3 is 21.3 Å². The highest BCUT2D eigenvalue weighted by atomic mass is 16.6. The lowest BCUT2D eigenvalue weighted by atomic mass is 10.2. The Labute approximate surface area is 125 Å². The number of benzene rings is 1. The Morgan fingerprint density at radius 3 is 2.57 bits per heavy atom. The molecule has 0 unspecified atom stereocenters. The molecule has 1 rings (SSSR count). The molecule has 0 heterocycles. The Bertz CT molecular complexity index is 449. The zero-order valence-electron chi connectivity index (χ0n) is 12.8. The second-order valence-corrected chi connectivity index (χ2v) is 4.74. The molecule has 1 aromatic rings. The van der Waals surface area contributed by atoms with E-state index in [1.165, 1.54) is 6.07 Å². The van der Waals surface area contributed by atoms with Crippen molar-refractivity contribution in [2.75, 3.05) is 50.3 Å². The van der Waals surface area contributed by atoms with Gasteiger partial charge in [-0.15, -0.1) is 0 Å². The molecule has 0 amide bonds. The first-order chi connectivity index (χ1) is 10.1. The third-order valence-electron chi connectivity index (χ3n) is 3.33. The number of anilines is 2. The highest BCUT2D eigenvalue weighted by molar-refractivity contribution is 5.66. The van der Waals surface area contributed by atoms with Crippen LogP contribution in [0.2, 0.25) is 0 Å². The fourth-order valence-electron chi connectivity index (χ4n) is 2.04. The molecule has 1 aromatic carbocycles. The predicted octanol–water partition coefficient (Wildman–Crippen LogP) is 1.52. The number of hydrogen-bond donors (Lipinski definition) is 3. The number of nitro groups is 1. The minimum absolute atomic E-state index is 0.0122. The first-order valence-electron chi connectivity index (χ1n) is 7.29. The summed E-state index contributed by atoms with van der Waals surface area (Å²) >= 11 is 0. The van der Waals surface area contributed by atoms with E-state index in [1.54, 1.807) is 12.1 Å². The molecule has 4 N–H and O–H groups in total. The summed E-state index contributed by atoms with van der Waals surface area (Å²) in [4.78, 5) is 12.9. The van der Waals surface area contributed by atoms with Crippen molar-refractivity contribution >= 4 is 17.1 Å². The van der Waals surface area contributed by atoms with Crippen LogP contribution in [0.1, 0.15) is 13.8 Å². The molecular formula is C14H25N5O2. The van der Waals surface area contributed by atoms with Gasteiger partial charge in [-0.25, -0.2) is 0 Å². The topological polar surface area (TPSA) is 96.5 Å². The maximum atomic E-state index is 10.9. The molecule has 0 saturated carbocycles. The molecule has 0 radical (unpaired) electrons. The van der Waals surface area contributed by atoms with Crippen LogP contribution < -0.4 is 16.4 Å². The number of hydrogen-bond acceptors (Lipinski definition) is 6. The van der Waals surface area contributed by atoms with Gasteiger partial charge in [0.25, 0.3) is 5.69 Å². The van der Waals surface area contributed by atoms with Crippen molar-refractivity contribution in [3.05, 3.63) is 28.3 Å². The lowest BCUT2D eigenvalue weighted by Crippen LogP contribution is -2.33. The fraction of sp³-hybridized carbons (Fsp3) is 0.571. The molecule has 0 spiro atoms. The first-order valence-corrected chi connectivity index (χ1v) is 7.29. The van der Waals surface area contributed by atoms with E-state index in [2.05, 4.69) is 29.4 Å². The summed E-state index contributed by atoms with van der Waals surface area (Å²) in [5, 5.41) is 17.3. The van der Waals surface area contributed by atoms with E-state index < -0.39 is 4.92 Å². The van der Waals surface area contributed by atoms with Gasteiger partial charge in [-0.2, -0.15) is 0 Å². The number of nitrogens with zero attached hydrogens (tertiary/aromatic N) is 2. The molecule has 7 heteroatoms. The Balaban J connectivity index is 2.31. The third kappa shape index (κ3) is 5.97. The van der Waals surface area contributed by atoms with Gasteiger partial charge in [0.1, 0.15) is 5.69 Å². The molecular weight excluding hydrogens is 270 g/mol. The summed E-state index contributed by atoms with van der Waals surface area (Å²) in [5.41, 5.74) is 6.47. The summed E-state index contributed by atoms with van der Waals surface area (Å²) < 4.78 is 0. The molecule has 0 saturated heterocycles. The molecule has 0 fully saturated rings. The highest BCUT2D eigenvalue weighted by Gasteiger charge is 2.13. The molecule has 0 atom stereocenters. The predicted molar refractivity (Wildman–Crippen MR) is 86.7 cm³/mol.